The molecule has 0 unspecified atom stereocenters. The van der Waals surface area contributed by atoms with Crippen molar-refractivity contribution in [2.45, 2.75) is 0 Å². The molecule has 0 atom stereocenters. The van der Waals surface area contributed by atoms with Gasteiger partial charge in [-0.2, -0.15) is 0 Å². The SMILES string of the molecule is C#CCBr.C#CCN1C(=O)c2ccccc2C1=O.O=C1[N-]C(=O)c2ccccc21.[2H]CF.[K+]. The number of halogens is 2. The predicted octanol–water partition coefficient (Wildman–Crippen LogP) is 0.874. The molecule has 2 aliphatic rings. The first kappa shape index (κ1) is 27.9. The Hall–Kier alpha value is -2.11. The topological polar surface area (TPSA) is 85.6 Å². The summed E-state index contributed by atoms with van der Waals surface area (Å²) in [6, 6.07) is 13.3. The van der Waals surface area contributed by atoms with E-state index in [0.717, 1.165) is 4.90 Å². The maximum absolute atomic E-state index is 11.6. The molecule has 2 aliphatic heterocycles. The van der Waals surface area contributed by atoms with Crippen molar-refractivity contribution < 1.29 is 76.3 Å². The number of hydrogen-bond donors (Lipinski definition) is 0. The van der Waals surface area contributed by atoms with E-state index in [1.54, 1.807) is 48.5 Å². The Morgan fingerprint density at radius 3 is 1.56 bits per heavy atom. The summed E-state index contributed by atoms with van der Waals surface area (Å²) in [5.41, 5.74) is 1.70. The Bertz CT molecular complexity index is 1030. The first-order valence-corrected chi connectivity index (χ1v) is 9.62. The Morgan fingerprint density at radius 2 is 1.25 bits per heavy atom. The third-order valence-electron chi connectivity index (χ3n) is 3.80. The van der Waals surface area contributed by atoms with Gasteiger partial charge in [0.15, 0.2) is 0 Å². The van der Waals surface area contributed by atoms with E-state index >= 15 is 0 Å². The number of fused-ring (bicyclic) bond motifs is 2. The molecular weight excluding hydrogens is 506 g/mol. The number of alkyl halides is 2. The molecule has 0 saturated carbocycles. The Kier molecular flexibility index (Phi) is 13.7. The van der Waals surface area contributed by atoms with Crippen molar-refractivity contribution in [1.29, 1.82) is 0 Å². The summed E-state index contributed by atoms with van der Waals surface area (Å²) < 4.78 is 15.5. The molecule has 0 radical (unpaired) electrons. The van der Waals surface area contributed by atoms with Gasteiger partial charge in [0.25, 0.3) is 11.8 Å². The molecule has 32 heavy (non-hydrogen) atoms. The van der Waals surface area contributed by atoms with Crippen molar-refractivity contribution in [1.82, 2.24) is 4.90 Å². The third kappa shape index (κ3) is 7.49. The van der Waals surface area contributed by atoms with Gasteiger partial charge in [-0.15, -0.1) is 12.8 Å². The monoisotopic (exact) mass is 523 g/mol. The van der Waals surface area contributed by atoms with E-state index in [9.17, 15) is 23.6 Å². The van der Waals surface area contributed by atoms with Crippen LogP contribution in [0.15, 0.2) is 48.5 Å². The molecule has 0 saturated heterocycles. The summed E-state index contributed by atoms with van der Waals surface area (Å²) in [6.07, 6.45) is 9.80. The number of amides is 4. The van der Waals surface area contributed by atoms with Crippen molar-refractivity contribution in [3.63, 3.8) is 0 Å². The first-order chi connectivity index (χ1) is 15.4. The molecule has 9 heteroatoms. The molecular formula is C23H17BrFKN2O4. The summed E-state index contributed by atoms with van der Waals surface area (Å²) in [5, 5.41) is 3.94. The van der Waals surface area contributed by atoms with Crippen molar-refractivity contribution in [2.24, 2.45) is 0 Å². The van der Waals surface area contributed by atoms with Gasteiger partial charge in [0.1, 0.15) is 0 Å². The molecule has 158 valence electrons. The van der Waals surface area contributed by atoms with Crippen LogP contribution in [0.4, 0.5) is 4.39 Å². The van der Waals surface area contributed by atoms with Crippen LogP contribution in [-0.4, -0.2) is 47.6 Å². The summed E-state index contributed by atoms with van der Waals surface area (Å²) in [7, 11) is -1.00. The van der Waals surface area contributed by atoms with Gasteiger partial charge in [0.2, 0.25) is 0 Å². The fourth-order valence-corrected chi connectivity index (χ4v) is 2.54. The van der Waals surface area contributed by atoms with Crippen molar-refractivity contribution in [3.05, 3.63) is 76.1 Å². The van der Waals surface area contributed by atoms with Crippen molar-refractivity contribution in [2.75, 3.05) is 19.0 Å². The standard InChI is InChI=1S/C11H7NO2.C8H5NO2.C3H3Br.CH3F.K/c1-2-7-12-10(13)8-5-3-4-6-9(8)11(12)14;10-7-5-3-1-2-4-6(5)8(11)9-7;1-2-3-4;1-2;/h1,3-6H,7H2;1-4H,(H,9,10,11);1H,3H2;1H3;/q;;;;+1/p-1/i;;;1D;. The Morgan fingerprint density at radius 1 is 0.906 bits per heavy atom. The number of hydrogen-bond acceptors (Lipinski definition) is 4. The average Bonchev–Trinajstić information content (AvgIpc) is 3.23. The second-order valence-corrected chi connectivity index (χ2v) is 6.11. The van der Waals surface area contributed by atoms with Gasteiger partial charge in [0, 0.05) is 11.1 Å². The predicted molar refractivity (Wildman–Crippen MR) is 119 cm³/mol. The van der Waals surface area contributed by atoms with Gasteiger partial charge in [-0.25, -0.2) is 0 Å². The molecule has 4 amide bonds. The van der Waals surface area contributed by atoms with Gasteiger partial charge in [0.05, 0.1) is 43.3 Å². The van der Waals surface area contributed by atoms with Crippen LogP contribution in [0.2, 0.25) is 0 Å². The normalized spacial score (nSPS) is 12.4. The number of carbonyl (C=O) groups is 4. The molecule has 0 aliphatic carbocycles. The first-order valence-electron chi connectivity index (χ1n) is 9.21. The number of nitrogens with zero attached hydrogens (tertiary/aromatic N) is 2. The van der Waals surface area contributed by atoms with Gasteiger partial charge in [-0.05, 0) is 12.1 Å². The summed E-state index contributed by atoms with van der Waals surface area (Å²) >= 11 is 3.01. The average molecular weight is 524 g/mol. The molecule has 2 heterocycles. The minimum Gasteiger partial charge on any atom is -0.587 e. The number of rotatable bonds is 1. The van der Waals surface area contributed by atoms with E-state index in [4.69, 9.17) is 14.2 Å². The third-order valence-corrected chi connectivity index (χ3v) is 4.12. The molecule has 2 aromatic carbocycles. The number of benzene rings is 2. The van der Waals surface area contributed by atoms with E-state index < -0.39 is 19.0 Å². The quantitative estimate of drug-likeness (QED) is 0.240. The summed E-state index contributed by atoms with van der Waals surface area (Å²) in [4.78, 5) is 46.1. The number of terminal acetylenes is 2. The van der Waals surface area contributed by atoms with Gasteiger partial charge in [-0.1, -0.05) is 64.2 Å². The largest absolute Gasteiger partial charge is 1.00 e. The van der Waals surface area contributed by atoms with E-state index in [-0.39, 0.29) is 69.7 Å². The number of carbonyl (C=O) groups excluding carboxylic acids is 4. The van der Waals surface area contributed by atoms with E-state index in [1.165, 1.54) is 0 Å². The van der Waals surface area contributed by atoms with Gasteiger partial charge < -0.3 is 14.9 Å². The van der Waals surface area contributed by atoms with E-state index in [1.807, 2.05) is 0 Å². The Labute approximate surface area is 238 Å². The van der Waals surface area contributed by atoms with E-state index in [2.05, 4.69) is 33.1 Å². The van der Waals surface area contributed by atoms with Crippen LogP contribution in [0.3, 0.4) is 0 Å². The van der Waals surface area contributed by atoms with Crippen molar-refractivity contribution in [3.8, 4) is 24.7 Å². The van der Waals surface area contributed by atoms with Crippen LogP contribution in [-0.2, 0) is 0 Å². The Balaban J connectivity index is 0.000000482. The zero-order valence-electron chi connectivity index (χ0n) is 18.2. The molecule has 6 nitrogen and oxygen atoms in total. The maximum atomic E-state index is 11.6. The second kappa shape index (κ2) is 15.6. The fraction of sp³-hybridized carbons (Fsp3) is 0.130. The maximum Gasteiger partial charge on any atom is 1.00 e. The zero-order valence-corrected chi connectivity index (χ0v) is 21.9. The van der Waals surface area contributed by atoms with Crippen molar-refractivity contribution >= 4 is 39.6 Å². The summed E-state index contributed by atoms with van der Waals surface area (Å²) in [6.45, 7) is 0.0341. The molecule has 0 fully saturated rings. The molecule has 2 aromatic rings. The van der Waals surface area contributed by atoms with Crippen LogP contribution in [0, 0.1) is 24.7 Å². The minimum atomic E-state index is -1.00. The van der Waals surface area contributed by atoms with E-state index in [0.29, 0.717) is 27.6 Å². The van der Waals surface area contributed by atoms with Crippen LogP contribution in [0.1, 0.15) is 42.8 Å². The van der Waals surface area contributed by atoms with Crippen LogP contribution < -0.4 is 51.4 Å². The van der Waals surface area contributed by atoms with Crippen LogP contribution in [0.25, 0.3) is 5.32 Å². The molecule has 0 spiro atoms. The van der Waals surface area contributed by atoms with Crippen LogP contribution >= 0.6 is 15.9 Å². The molecule has 4 rings (SSSR count). The van der Waals surface area contributed by atoms with Gasteiger partial charge in [-0.3, -0.25) is 18.9 Å². The number of imide groups is 2. The fourth-order valence-electron chi connectivity index (χ4n) is 2.54. The molecule has 0 N–H and O–H groups in total. The molecule has 0 bridgehead atoms. The van der Waals surface area contributed by atoms with Gasteiger partial charge >= 0.3 is 51.4 Å². The smallest absolute Gasteiger partial charge is 0.587 e. The molecule has 0 aromatic heterocycles. The zero-order chi connectivity index (χ0) is 24.1. The summed E-state index contributed by atoms with van der Waals surface area (Å²) in [5.74, 6) is 3.18. The second-order valence-electron chi connectivity index (χ2n) is 5.55. The minimum absolute atomic E-state index is 0. The van der Waals surface area contributed by atoms with Crippen LogP contribution in [0.5, 0.6) is 0 Å².